The number of anilines is 2. The molecule has 4 unspecified atom stereocenters. The van der Waals surface area contributed by atoms with Crippen LogP contribution in [0.2, 0.25) is 0 Å². The van der Waals surface area contributed by atoms with E-state index in [9.17, 15) is 9.59 Å². The van der Waals surface area contributed by atoms with Crippen molar-refractivity contribution >= 4 is 56.5 Å². The Bertz CT molecular complexity index is 1270. The van der Waals surface area contributed by atoms with E-state index < -0.39 is 0 Å². The van der Waals surface area contributed by atoms with E-state index in [1.165, 1.54) is 22.7 Å². The van der Waals surface area contributed by atoms with Gasteiger partial charge in [0.2, 0.25) is 22.1 Å². The lowest BCUT2D eigenvalue weighted by molar-refractivity contribution is -0.120. The fourth-order valence-corrected chi connectivity index (χ4v) is 6.71. The SMILES string of the molecule is CC(C(=O)Nc1nnc(CCSCCc2nnc(NC(=O)C(C)C3C=CC=CC3C)s2)s1)c1ccccc1. The number of nitrogens with one attached hydrogen (secondary N) is 2. The van der Waals surface area contributed by atoms with E-state index in [1.54, 1.807) is 11.8 Å². The van der Waals surface area contributed by atoms with Crippen molar-refractivity contribution in [3.05, 3.63) is 70.2 Å². The number of hydrogen-bond donors (Lipinski definition) is 2. The highest BCUT2D eigenvalue weighted by Crippen LogP contribution is 2.28. The first kappa shape index (κ1) is 28.1. The van der Waals surface area contributed by atoms with Gasteiger partial charge in [0.05, 0.1) is 5.92 Å². The van der Waals surface area contributed by atoms with E-state index in [4.69, 9.17) is 0 Å². The summed E-state index contributed by atoms with van der Waals surface area (Å²) in [5.74, 6) is 1.78. The number of benzene rings is 1. The molecule has 0 spiro atoms. The molecular weight excluding hydrogens is 537 g/mol. The molecule has 4 atom stereocenters. The van der Waals surface area contributed by atoms with Crippen molar-refractivity contribution in [3.63, 3.8) is 0 Å². The van der Waals surface area contributed by atoms with Gasteiger partial charge in [0.25, 0.3) is 0 Å². The number of thioether (sulfide) groups is 1. The van der Waals surface area contributed by atoms with E-state index in [0.29, 0.717) is 16.2 Å². The monoisotopic (exact) mass is 568 g/mol. The summed E-state index contributed by atoms with van der Waals surface area (Å²) in [6.45, 7) is 5.97. The summed E-state index contributed by atoms with van der Waals surface area (Å²) in [4.78, 5) is 25.2. The zero-order valence-electron chi connectivity index (χ0n) is 21.7. The van der Waals surface area contributed by atoms with Crippen molar-refractivity contribution in [2.75, 3.05) is 22.1 Å². The van der Waals surface area contributed by atoms with Crippen molar-refractivity contribution in [1.82, 2.24) is 20.4 Å². The smallest absolute Gasteiger partial charge is 0.233 e. The maximum atomic E-state index is 12.7. The standard InChI is InChI=1S/C27H32N6O2S3/c1-17-9-7-8-12-21(17)19(3)25(35)29-27-33-31-23(38-27)14-16-36-15-13-22-30-32-26(37-22)28-24(34)18(2)20-10-5-4-6-11-20/h4-12,17-19,21H,13-16H2,1-3H3,(H,28,32,34)(H,29,33,35). The highest BCUT2D eigenvalue weighted by molar-refractivity contribution is 7.99. The molecular formula is C27H32N6O2S3. The number of hydrogen-bond acceptors (Lipinski definition) is 9. The van der Waals surface area contributed by atoms with Crippen LogP contribution in [0.4, 0.5) is 10.3 Å². The van der Waals surface area contributed by atoms with Gasteiger partial charge in [-0.15, -0.1) is 20.4 Å². The van der Waals surface area contributed by atoms with Crippen LogP contribution in [-0.2, 0) is 22.4 Å². The Morgan fingerprint density at radius 3 is 2.05 bits per heavy atom. The minimum absolute atomic E-state index is 0.0268. The number of rotatable bonds is 12. The highest BCUT2D eigenvalue weighted by atomic mass is 32.2. The van der Waals surface area contributed by atoms with Crippen LogP contribution in [0.5, 0.6) is 0 Å². The molecule has 2 amide bonds. The predicted octanol–water partition coefficient (Wildman–Crippen LogP) is 5.60. The summed E-state index contributed by atoms with van der Waals surface area (Å²) >= 11 is 4.65. The second-order valence-corrected chi connectivity index (χ2v) is 12.6. The Morgan fingerprint density at radius 2 is 1.45 bits per heavy atom. The molecule has 0 saturated heterocycles. The Morgan fingerprint density at radius 1 is 0.868 bits per heavy atom. The molecule has 38 heavy (non-hydrogen) atoms. The zero-order chi connectivity index (χ0) is 26.9. The quantitative estimate of drug-likeness (QED) is 0.274. The van der Waals surface area contributed by atoms with Gasteiger partial charge in [0.15, 0.2) is 0 Å². The first-order valence-corrected chi connectivity index (χ1v) is 15.4. The van der Waals surface area contributed by atoms with Crippen LogP contribution in [0.25, 0.3) is 0 Å². The summed E-state index contributed by atoms with van der Waals surface area (Å²) < 4.78 is 0. The molecule has 1 aliphatic rings. The van der Waals surface area contributed by atoms with Crippen LogP contribution in [0.3, 0.4) is 0 Å². The minimum atomic E-state index is -0.258. The number of carbonyl (C=O) groups excluding carboxylic acids is 2. The van der Waals surface area contributed by atoms with Crippen molar-refractivity contribution in [2.45, 2.75) is 39.5 Å². The van der Waals surface area contributed by atoms with Crippen LogP contribution in [0, 0.1) is 17.8 Å². The molecule has 1 aliphatic carbocycles. The molecule has 8 nitrogen and oxygen atoms in total. The maximum absolute atomic E-state index is 12.7. The first-order chi connectivity index (χ1) is 18.4. The number of aryl methyl sites for hydroxylation is 2. The molecule has 2 N–H and O–H groups in total. The lowest BCUT2D eigenvalue weighted by atomic mass is 9.80. The van der Waals surface area contributed by atoms with Gasteiger partial charge in [-0.3, -0.25) is 9.59 Å². The van der Waals surface area contributed by atoms with Gasteiger partial charge in [0.1, 0.15) is 10.0 Å². The number of carbonyl (C=O) groups is 2. The Labute approximate surface area is 235 Å². The Kier molecular flexibility index (Phi) is 10.2. The van der Waals surface area contributed by atoms with Gasteiger partial charge in [-0.05, 0) is 35.8 Å². The van der Waals surface area contributed by atoms with Crippen LogP contribution in [0.1, 0.15) is 42.3 Å². The summed E-state index contributed by atoms with van der Waals surface area (Å²) in [7, 11) is 0. The predicted molar refractivity (Wildman–Crippen MR) is 157 cm³/mol. The lowest BCUT2D eigenvalue weighted by Gasteiger charge is -2.25. The molecule has 4 rings (SSSR count). The van der Waals surface area contributed by atoms with Gasteiger partial charge < -0.3 is 10.6 Å². The van der Waals surface area contributed by atoms with Gasteiger partial charge in [-0.2, -0.15) is 11.8 Å². The van der Waals surface area contributed by atoms with Crippen molar-refractivity contribution < 1.29 is 9.59 Å². The van der Waals surface area contributed by atoms with Crippen molar-refractivity contribution in [1.29, 1.82) is 0 Å². The molecule has 0 aliphatic heterocycles. The summed E-state index contributed by atoms with van der Waals surface area (Å²) in [5, 5.41) is 25.4. The molecule has 0 radical (unpaired) electrons. The van der Waals surface area contributed by atoms with Crippen LogP contribution < -0.4 is 10.6 Å². The minimum Gasteiger partial charge on any atom is -0.300 e. The van der Waals surface area contributed by atoms with Gasteiger partial charge in [-0.25, -0.2) is 0 Å². The normalized spacial score (nSPS) is 18.2. The topological polar surface area (TPSA) is 110 Å². The first-order valence-electron chi connectivity index (χ1n) is 12.6. The molecule has 0 bridgehead atoms. The molecule has 0 saturated carbocycles. The van der Waals surface area contributed by atoms with Crippen molar-refractivity contribution in [3.8, 4) is 0 Å². The number of amides is 2. The molecule has 200 valence electrons. The van der Waals surface area contributed by atoms with E-state index >= 15 is 0 Å². The van der Waals surface area contributed by atoms with Crippen molar-refractivity contribution in [2.24, 2.45) is 17.8 Å². The second-order valence-electron chi connectivity index (χ2n) is 9.22. The summed E-state index contributed by atoms with van der Waals surface area (Å²) in [6.07, 6.45) is 9.83. The van der Waals surface area contributed by atoms with E-state index in [0.717, 1.165) is 39.9 Å². The number of nitrogens with zero attached hydrogens (tertiary/aromatic N) is 4. The third-order valence-corrected chi connectivity index (χ3v) is 9.25. The average molecular weight is 569 g/mol. The number of allylic oxidation sites excluding steroid dienone is 4. The lowest BCUT2D eigenvalue weighted by Crippen LogP contribution is -2.29. The molecule has 3 aromatic rings. The fraction of sp³-hybridized carbons (Fsp3) is 0.407. The second kappa shape index (κ2) is 13.8. The van der Waals surface area contributed by atoms with E-state index in [2.05, 4.69) is 50.1 Å². The highest BCUT2D eigenvalue weighted by Gasteiger charge is 2.27. The Hall–Kier alpha value is -2.89. The molecule has 2 heterocycles. The van der Waals surface area contributed by atoms with E-state index in [1.807, 2.05) is 56.3 Å². The molecule has 1 aromatic carbocycles. The largest absolute Gasteiger partial charge is 0.300 e. The van der Waals surface area contributed by atoms with Crippen LogP contribution in [0.15, 0.2) is 54.6 Å². The average Bonchev–Trinajstić information content (AvgIpc) is 3.57. The molecule has 2 aromatic heterocycles. The van der Waals surface area contributed by atoms with Crippen LogP contribution in [-0.4, -0.2) is 43.7 Å². The third-order valence-electron chi connectivity index (χ3n) is 6.46. The zero-order valence-corrected chi connectivity index (χ0v) is 24.1. The number of aromatic nitrogens is 4. The fourth-order valence-electron chi connectivity index (χ4n) is 4.09. The summed E-state index contributed by atoms with van der Waals surface area (Å²) in [5.41, 5.74) is 0.967. The summed E-state index contributed by atoms with van der Waals surface area (Å²) in [6, 6.07) is 9.68. The van der Waals surface area contributed by atoms with Gasteiger partial charge in [-0.1, -0.05) is 91.2 Å². The maximum Gasteiger partial charge on any atom is 0.233 e. The van der Waals surface area contributed by atoms with Crippen LogP contribution >= 0.6 is 34.4 Å². The molecule has 0 fully saturated rings. The third kappa shape index (κ3) is 7.81. The van der Waals surface area contributed by atoms with Gasteiger partial charge >= 0.3 is 0 Å². The van der Waals surface area contributed by atoms with Gasteiger partial charge in [0, 0.05) is 18.8 Å². The Balaban J connectivity index is 1.14. The molecule has 11 heteroatoms. The van der Waals surface area contributed by atoms with E-state index in [-0.39, 0.29) is 29.6 Å².